The van der Waals surface area contributed by atoms with Gasteiger partial charge in [0, 0.05) is 18.6 Å². The molecular weight excluding hydrogens is 203 g/mol. The van der Waals surface area contributed by atoms with Crippen LogP contribution in [-0.2, 0) is 6.54 Å². The summed E-state index contributed by atoms with van der Waals surface area (Å²) in [6.07, 6.45) is 2.25. The van der Waals surface area contributed by atoms with E-state index in [0.717, 1.165) is 24.9 Å². The maximum atomic E-state index is 13.9. The Morgan fingerprint density at radius 2 is 2.19 bits per heavy atom. The standard InChI is InChI=1S/C13H19FN2/c1-13(2)6-3-7-16(13)12-5-4-10(9-15)8-11(12)14/h4-5,8H,3,6-7,9,15H2,1-2H3. The van der Waals surface area contributed by atoms with Crippen molar-refractivity contribution in [3.63, 3.8) is 0 Å². The molecule has 2 nitrogen and oxygen atoms in total. The second-order valence-electron chi connectivity index (χ2n) is 5.06. The average molecular weight is 222 g/mol. The molecule has 0 spiro atoms. The highest BCUT2D eigenvalue weighted by Crippen LogP contribution is 2.35. The largest absolute Gasteiger partial charge is 0.364 e. The van der Waals surface area contributed by atoms with Crippen molar-refractivity contribution < 1.29 is 4.39 Å². The van der Waals surface area contributed by atoms with E-state index in [1.54, 1.807) is 6.07 Å². The first-order chi connectivity index (χ1) is 7.54. The van der Waals surface area contributed by atoms with Crippen LogP contribution in [0, 0.1) is 5.82 Å². The van der Waals surface area contributed by atoms with Crippen LogP contribution in [-0.4, -0.2) is 12.1 Å². The molecule has 0 aliphatic carbocycles. The first kappa shape index (κ1) is 11.4. The monoisotopic (exact) mass is 222 g/mol. The van der Waals surface area contributed by atoms with Crippen LogP contribution in [0.2, 0.25) is 0 Å². The predicted molar refractivity (Wildman–Crippen MR) is 65.0 cm³/mol. The molecule has 1 aliphatic heterocycles. The lowest BCUT2D eigenvalue weighted by atomic mass is 10.0. The van der Waals surface area contributed by atoms with Crippen molar-refractivity contribution in [1.82, 2.24) is 0 Å². The summed E-state index contributed by atoms with van der Waals surface area (Å²) in [4.78, 5) is 2.16. The van der Waals surface area contributed by atoms with Crippen molar-refractivity contribution >= 4 is 5.69 Å². The van der Waals surface area contributed by atoms with Gasteiger partial charge < -0.3 is 10.6 Å². The Morgan fingerprint density at radius 3 is 2.69 bits per heavy atom. The Kier molecular flexibility index (Phi) is 2.89. The first-order valence-corrected chi connectivity index (χ1v) is 5.81. The molecule has 1 fully saturated rings. The van der Waals surface area contributed by atoms with Crippen molar-refractivity contribution in [3.05, 3.63) is 29.6 Å². The zero-order chi connectivity index (χ0) is 11.8. The SMILES string of the molecule is CC1(C)CCCN1c1ccc(CN)cc1F. The quantitative estimate of drug-likeness (QED) is 0.833. The number of benzene rings is 1. The summed E-state index contributed by atoms with van der Waals surface area (Å²) in [7, 11) is 0. The molecule has 0 saturated carbocycles. The van der Waals surface area contributed by atoms with Gasteiger partial charge in [-0.1, -0.05) is 6.07 Å². The van der Waals surface area contributed by atoms with Crippen molar-refractivity contribution in [1.29, 1.82) is 0 Å². The van der Waals surface area contributed by atoms with Crippen LogP contribution >= 0.6 is 0 Å². The van der Waals surface area contributed by atoms with Gasteiger partial charge in [0.2, 0.25) is 0 Å². The lowest BCUT2D eigenvalue weighted by Crippen LogP contribution is -2.38. The van der Waals surface area contributed by atoms with Crippen LogP contribution in [0.25, 0.3) is 0 Å². The minimum Gasteiger partial charge on any atom is -0.364 e. The molecule has 0 atom stereocenters. The Hall–Kier alpha value is -1.09. The van der Waals surface area contributed by atoms with Gasteiger partial charge in [0.15, 0.2) is 0 Å². The van der Waals surface area contributed by atoms with Gasteiger partial charge in [0.1, 0.15) is 5.82 Å². The van der Waals surface area contributed by atoms with E-state index >= 15 is 0 Å². The minimum atomic E-state index is -0.155. The molecule has 1 aromatic carbocycles. The third-order valence-corrected chi connectivity index (χ3v) is 3.44. The van der Waals surface area contributed by atoms with Gasteiger partial charge in [-0.2, -0.15) is 0 Å². The fraction of sp³-hybridized carbons (Fsp3) is 0.538. The minimum absolute atomic E-state index is 0.0606. The van der Waals surface area contributed by atoms with E-state index in [2.05, 4.69) is 18.7 Å². The Morgan fingerprint density at radius 1 is 1.44 bits per heavy atom. The van der Waals surface area contributed by atoms with Gasteiger partial charge >= 0.3 is 0 Å². The molecular formula is C13H19FN2. The first-order valence-electron chi connectivity index (χ1n) is 5.81. The predicted octanol–water partition coefficient (Wildman–Crippen LogP) is 2.66. The summed E-state index contributed by atoms with van der Waals surface area (Å²) in [5.74, 6) is -0.155. The van der Waals surface area contributed by atoms with Crippen LogP contribution < -0.4 is 10.6 Å². The molecule has 2 rings (SSSR count). The second-order valence-corrected chi connectivity index (χ2v) is 5.06. The highest BCUT2D eigenvalue weighted by molar-refractivity contribution is 5.52. The zero-order valence-electron chi connectivity index (χ0n) is 9.96. The molecule has 0 radical (unpaired) electrons. The molecule has 1 saturated heterocycles. The van der Waals surface area contributed by atoms with E-state index in [0.29, 0.717) is 12.2 Å². The topological polar surface area (TPSA) is 29.3 Å². The average Bonchev–Trinajstić information content (AvgIpc) is 2.58. The molecule has 0 amide bonds. The molecule has 1 aromatic rings. The fourth-order valence-corrected chi connectivity index (χ4v) is 2.45. The summed E-state index contributed by atoms with van der Waals surface area (Å²) in [5.41, 5.74) is 7.11. The van der Waals surface area contributed by atoms with E-state index in [4.69, 9.17) is 5.73 Å². The van der Waals surface area contributed by atoms with Gasteiger partial charge in [0.05, 0.1) is 5.69 Å². The van der Waals surface area contributed by atoms with Crippen molar-refractivity contribution in [3.8, 4) is 0 Å². The number of nitrogens with zero attached hydrogens (tertiary/aromatic N) is 1. The van der Waals surface area contributed by atoms with Gasteiger partial charge in [-0.05, 0) is 44.4 Å². The van der Waals surface area contributed by atoms with E-state index < -0.39 is 0 Å². The van der Waals surface area contributed by atoms with Gasteiger partial charge in [-0.15, -0.1) is 0 Å². The van der Waals surface area contributed by atoms with E-state index in [1.165, 1.54) is 0 Å². The lowest BCUT2D eigenvalue weighted by molar-refractivity contribution is 0.506. The number of nitrogens with two attached hydrogens (primary N) is 1. The van der Waals surface area contributed by atoms with Crippen molar-refractivity contribution in [2.24, 2.45) is 5.73 Å². The summed E-state index contributed by atoms with van der Waals surface area (Å²) in [6, 6.07) is 5.31. The molecule has 2 N–H and O–H groups in total. The summed E-state index contributed by atoms with van der Waals surface area (Å²) in [5, 5.41) is 0. The van der Waals surface area contributed by atoms with Gasteiger partial charge in [0.25, 0.3) is 0 Å². The van der Waals surface area contributed by atoms with Crippen LogP contribution in [0.15, 0.2) is 18.2 Å². The third-order valence-electron chi connectivity index (χ3n) is 3.44. The van der Waals surface area contributed by atoms with Crippen LogP contribution in [0.5, 0.6) is 0 Å². The maximum absolute atomic E-state index is 13.9. The normalized spacial score (nSPS) is 19.1. The third kappa shape index (κ3) is 1.92. The molecule has 0 bridgehead atoms. The van der Waals surface area contributed by atoms with E-state index in [-0.39, 0.29) is 11.4 Å². The van der Waals surface area contributed by atoms with E-state index in [9.17, 15) is 4.39 Å². The second kappa shape index (κ2) is 4.06. The smallest absolute Gasteiger partial charge is 0.146 e. The Labute approximate surface area is 96.2 Å². The Bertz CT molecular complexity index is 388. The van der Waals surface area contributed by atoms with Gasteiger partial charge in [-0.25, -0.2) is 4.39 Å². The molecule has 88 valence electrons. The van der Waals surface area contributed by atoms with E-state index in [1.807, 2.05) is 12.1 Å². The number of rotatable bonds is 2. The number of halogens is 1. The molecule has 1 aliphatic rings. The summed E-state index contributed by atoms with van der Waals surface area (Å²) < 4.78 is 13.9. The van der Waals surface area contributed by atoms with Crippen LogP contribution in [0.1, 0.15) is 32.3 Å². The molecule has 0 unspecified atom stereocenters. The highest BCUT2D eigenvalue weighted by atomic mass is 19.1. The molecule has 16 heavy (non-hydrogen) atoms. The van der Waals surface area contributed by atoms with Crippen molar-refractivity contribution in [2.75, 3.05) is 11.4 Å². The number of hydrogen-bond donors (Lipinski definition) is 1. The summed E-state index contributed by atoms with van der Waals surface area (Å²) in [6.45, 7) is 5.65. The number of hydrogen-bond acceptors (Lipinski definition) is 2. The highest BCUT2D eigenvalue weighted by Gasteiger charge is 2.33. The number of anilines is 1. The summed E-state index contributed by atoms with van der Waals surface area (Å²) >= 11 is 0. The Balaban J connectivity index is 2.34. The molecule has 0 aromatic heterocycles. The van der Waals surface area contributed by atoms with Crippen molar-refractivity contribution in [2.45, 2.75) is 38.8 Å². The van der Waals surface area contributed by atoms with Crippen LogP contribution in [0.3, 0.4) is 0 Å². The van der Waals surface area contributed by atoms with Gasteiger partial charge in [-0.3, -0.25) is 0 Å². The maximum Gasteiger partial charge on any atom is 0.146 e. The van der Waals surface area contributed by atoms with Crippen LogP contribution in [0.4, 0.5) is 10.1 Å². The molecule has 3 heteroatoms. The molecule has 1 heterocycles. The fourth-order valence-electron chi connectivity index (χ4n) is 2.45. The zero-order valence-corrected chi connectivity index (χ0v) is 9.96. The lowest BCUT2D eigenvalue weighted by Gasteiger charge is -2.34.